The summed E-state index contributed by atoms with van der Waals surface area (Å²) >= 11 is 5.97. The third-order valence-electron chi connectivity index (χ3n) is 4.58. The fourth-order valence-electron chi connectivity index (χ4n) is 3.44. The summed E-state index contributed by atoms with van der Waals surface area (Å²) in [5.74, 6) is 1.56. The Morgan fingerprint density at radius 1 is 1.32 bits per heavy atom. The molecular weight excluding hydrogens is 338 g/mol. The van der Waals surface area contributed by atoms with E-state index in [1.807, 2.05) is 12.1 Å². The van der Waals surface area contributed by atoms with Gasteiger partial charge in [0, 0.05) is 22.8 Å². The lowest BCUT2D eigenvalue weighted by molar-refractivity contribution is 0.407. The molecule has 4 rings (SSSR count). The van der Waals surface area contributed by atoms with Gasteiger partial charge < -0.3 is 14.6 Å². The first-order valence-corrected chi connectivity index (χ1v) is 8.63. The molecule has 3 aromatic rings. The maximum Gasteiger partial charge on any atom is 0.258 e. The molecule has 1 N–H and O–H groups in total. The zero-order valence-corrected chi connectivity index (χ0v) is 14.6. The van der Waals surface area contributed by atoms with E-state index in [0.29, 0.717) is 28.3 Å². The summed E-state index contributed by atoms with van der Waals surface area (Å²) in [6, 6.07) is 11.3. The third-order valence-corrected chi connectivity index (χ3v) is 4.82. The summed E-state index contributed by atoms with van der Waals surface area (Å²) in [5, 5.41) is 1.04. The van der Waals surface area contributed by atoms with Crippen LogP contribution >= 0.6 is 11.6 Å². The second-order valence-corrected chi connectivity index (χ2v) is 6.59. The van der Waals surface area contributed by atoms with Gasteiger partial charge in [-0.25, -0.2) is 4.98 Å². The highest BCUT2D eigenvalue weighted by Crippen LogP contribution is 2.34. The van der Waals surface area contributed by atoms with Crippen molar-refractivity contribution in [2.75, 3.05) is 18.6 Å². The Morgan fingerprint density at radius 2 is 2.20 bits per heavy atom. The number of anilines is 1. The molecule has 0 atom stereocenters. The van der Waals surface area contributed by atoms with Gasteiger partial charge >= 0.3 is 0 Å². The number of fused-ring (bicyclic) bond motifs is 2. The van der Waals surface area contributed by atoms with Crippen molar-refractivity contribution in [3.63, 3.8) is 0 Å². The first kappa shape index (κ1) is 16.0. The fraction of sp³-hybridized carbons (Fsp3) is 0.263. The van der Waals surface area contributed by atoms with Gasteiger partial charge in [-0.05, 0) is 43.2 Å². The molecule has 1 aliphatic rings. The van der Waals surface area contributed by atoms with Gasteiger partial charge in [-0.15, -0.1) is 0 Å². The molecule has 0 unspecified atom stereocenters. The smallest absolute Gasteiger partial charge is 0.258 e. The number of halogens is 1. The Labute approximate surface area is 150 Å². The fourth-order valence-corrected chi connectivity index (χ4v) is 3.61. The summed E-state index contributed by atoms with van der Waals surface area (Å²) in [6.07, 6.45) is 2.04. The van der Waals surface area contributed by atoms with Gasteiger partial charge in [0.1, 0.15) is 11.6 Å². The Balaban J connectivity index is 1.71. The van der Waals surface area contributed by atoms with Crippen molar-refractivity contribution >= 4 is 28.2 Å². The van der Waals surface area contributed by atoms with Gasteiger partial charge in [0.2, 0.25) is 0 Å². The van der Waals surface area contributed by atoms with Crippen molar-refractivity contribution in [2.45, 2.75) is 19.4 Å². The normalized spacial score (nSPS) is 13.8. The standard InChI is InChI=1S/C19H18ClN3O2/c1-25-17-6-2-5-16-13(17)4-3-9-23(16)11-18-21-15-8-7-12(20)10-14(15)19(24)22-18/h2,5-8,10H,3-4,9,11H2,1H3,(H,21,22,24). The van der Waals surface area contributed by atoms with Crippen molar-refractivity contribution in [3.8, 4) is 5.75 Å². The molecule has 2 heterocycles. The van der Waals surface area contributed by atoms with Crippen LogP contribution in [0.1, 0.15) is 17.8 Å². The van der Waals surface area contributed by atoms with Crippen LogP contribution in [0.5, 0.6) is 5.75 Å². The molecule has 1 aliphatic heterocycles. The second kappa shape index (κ2) is 6.41. The van der Waals surface area contributed by atoms with Gasteiger partial charge in [-0.2, -0.15) is 0 Å². The Morgan fingerprint density at radius 3 is 3.04 bits per heavy atom. The number of hydrogen-bond donors (Lipinski definition) is 1. The zero-order chi connectivity index (χ0) is 17.4. The molecular formula is C19H18ClN3O2. The molecule has 128 valence electrons. The topological polar surface area (TPSA) is 58.2 Å². The molecule has 0 fully saturated rings. The minimum absolute atomic E-state index is 0.162. The van der Waals surface area contributed by atoms with Crippen LogP contribution < -0.4 is 15.2 Å². The molecule has 0 saturated carbocycles. The third kappa shape index (κ3) is 2.96. The Bertz CT molecular complexity index is 1000. The minimum Gasteiger partial charge on any atom is -0.496 e. The van der Waals surface area contributed by atoms with Crippen molar-refractivity contribution in [3.05, 3.63) is 63.2 Å². The van der Waals surface area contributed by atoms with E-state index in [2.05, 4.69) is 20.9 Å². The van der Waals surface area contributed by atoms with Crippen LogP contribution in [0.25, 0.3) is 10.9 Å². The number of aromatic amines is 1. The highest BCUT2D eigenvalue weighted by Gasteiger charge is 2.21. The van der Waals surface area contributed by atoms with Crippen LogP contribution in [0.2, 0.25) is 5.02 Å². The number of hydrogen-bond acceptors (Lipinski definition) is 4. The first-order chi connectivity index (χ1) is 12.2. The van der Waals surface area contributed by atoms with Crippen molar-refractivity contribution in [1.29, 1.82) is 0 Å². The predicted molar refractivity (Wildman–Crippen MR) is 99.7 cm³/mol. The molecule has 0 aliphatic carbocycles. The van der Waals surface area contributed by atoms with E-state index in [9.17, 15) is 4.79 Å². The van der Waals surface area contributed by atoms with Gasteiger partial charge in [0.15, 0.2) is 0 Å². The summed E-state index contributed by atoms with van der Waals surface area (Å²) in [4.78, 5) is 22.1. The Kier molecular flexibility index (Phi) is 4.09. The molecule has 25 heavy (non-hydrogen) atoms. The van der Waals surface area contributed by atoms with Crippen molar-refractivity contribution in [1.82, 2.24) is 9.97 Å². The number of H-pyrrole nitrogens is 1. The molecule has 1 aromatic heterocycles. The van der Waals surface area contributed by atoms with E-state index in [4.69, 9.17) is 16.3 Å². The highest BCUT2D eigenvalue weighted by molar-refractivity contribution is 6.31. The molecule has 0 amide bonds. The maximum absolute atomic E-state index is 12.3. The van der Waals surface area contributed by atoms with E-state index in [0.717, 1.165) is 30.8 Å². The van der Waals surface area contributed by atoms with Gasteiger partial charge in [0.05, 0.1) is 24.6 Å². The molecule has 0 saturated heterocycles. The van der Waals surface area contributed by atoms with Gasteiger partial charge in [-0.3, -0.25) is 4.79 Å². The highest BCUT2D eigenvalue weighted by atomic mass is 35.5. The summed E-state index contributed by atoms with van der Waals surface area (Å²) < 4.78 is 5.49. The molecule has 0 radical (unpaired) electrons. The summed E-state index contributed by atoms with van der Waals surface area (Å²) in [6.45, 7) is 1.47. The van der Waals surface area contributed by atoms with E-state index in [-0.39, 0.29) is 5.56 Å². The van der Waals surface area contributed by atoms with Crippen LogP contribution in [0.15, 0.2) is 41.2 Å². The number of nitrogens with zero attached hydrogens (tertiary/aromatic N) is 2. The van der Waals surface area contributed by atoms with Gasteiger partial charge in [0.25, 0.3) is 5.56 Å². The van der Waals surface area contributed by atoms with Crippen LogP contribution in [0.4, 0.5) is 5.69 Å². The number of benzene rings is 2. The molecule has 0 bridgehead atoms. The lowest BCUT2D eigenvalue weighted by atomic mass is 10.0. The number of methoxy groups -OCH3 is 1. The first-order valence-electron chi connectivity index (χ1n) is 8.25. The quantitative estimate of drug-likeness (QED) is 0.780. The number of ether oxygens (including phenoxy) is 1. The van der Waals surface area contributed by atoms with Crippen LogP contribution in [0.3, 0.4) is 0 Å². The van der Waals surface area contributed by atoms with Crippen LogP contribution in [-0.2, 0) is 13.0 Å². The largest absolute Gasteiger partial charge is 0.496 e. The number of nitrogens with one attached hydrogen (secondary N) is 1. The summed E-state index contributed by atoms with van der Waals surface area (Å²) in [7, 11) is 1.70. The number of rotatable bonds is 3. The SMILES string of the molecule is COc1cccc2c1CCCN2Cc1nc2ccc(Cl)cc2c(=O)[nH]1. The van der Waals surface area contributed by atoms with Crippen LogP contribution in [-0.4, -0.2) is 23.6 Å². The molecule has 0 spiro atoms. The van der Waals surface area contributed by atoms with Gasteiger partial charge in [-0.1, -0.05) is 17.7 Å². The van der Waals surface area contributed by atoms with Crippen molar-refractivity contribution in [2.24, 2.45) is 0 Å². The zero-order valence-electron chi connectivity index (χ0n) is 13.9. The van der Waals surface area contributed by atoms with Crippen LogP contribution in [0, 0.1) is 0 Å². The second-order valence-electron chi connectivity index (χ2n) is 6.16. The minimum atomic E-state index is -0.162. The molecule has 5 nitrogen and oxygen atoms in total. The number of aromatic nitrogens is 2. The maximum atomic E-state index is 12.3. The van der Waals surface area contributed by atoms with E-state index >= 15 is 0 Å². The van der Waals surface area contributed by atoms with Crippen molar-refractivity contribution < 1.29 is 4.74 Å². The lowest BCUT2D eigenvalue weighted by Crippen LogP contribution is -2.30. The van der Waals surface area contributed by atoms with E-state index in [1.165, 1.54) is 5.56 Å². The van der Waals surface area contributed by atoms with E-state index < -0.39 is 0 Å². The average Bonchev–Trinajstić information content (AvgIpc) is 2.62. The monoisotopic (exact) mass is 355 g/mol. The predicted octanol–water partition coefficient (Wildman–Crippen LogP) is 3.54. The summed E-state index contributed by atoms with van der Waals surface area (Å²) in [5.41, 5.74) is 2.85. The molecule has 6 heteroatoms. The van der Waals surface area contributed by atoms with E-state index in [1.54, 1.807) is 25.3 Å². The lowest BCUT2D eigenvalue weighted by Gasteiger charge is -2.31. The Hall–Kier alpha value is -2.53. The molecule has 2 aromatic carbocycles. The average molecular weight is 356 g/mol.